The first-order valence-electron chi connectivity index (χ1n) is 11.0. The molecule has 3 fully saturated rings. The second-order valence-corrected chi connectivity index (χ2v) is 11.5. The quantitative estimate of drug-likeness (QED) is 0.437. The van der Waals surface area contributed by atoms with Gasteiger partial charge in [-0.3, -0.25) is 0 Å². The summed E-state index contributed by atoms with van der Waals surface area (Å²) in [6.07, 6.45) is 15.6. The number of hydrogen-bond acceptors (Lipinski definition) is 2. The largest absolute Gasteiger partial charge is 0.330 e. The third-order valence-corrected chi connectivity index (χ3v) is 10.6. The molecule has 4 aliphatic rings. The first kappa shape index (κ1) is 20.8. The highest BCUT2D eigenvalue weighted by atomic mass is 32.2. The molecule has 0 aromatic heterocycles. The number of fused-ring (bicyclic) bond motifs is 5. The van der Waals surface area contributed by atoms with Gasteiger partial charge in [0.2, 0.25) is 0 Å². The molecular weight excluding hydrogens is 334 g/mol. The molecule has 0 aliphatic heterocycles. The van der Waals surface area contributed by atoms with Crippen LogP contribution in [-0.4, -0.2) is 17.5 Å². The Morgan fingerprint density at radius 2 is 1.88 bits per heavy atom. The second-order valence-electron chi connectivity index (χ2n) is 10.1. The van der Waals surface area contributed by atoms with E-state index in [0.717, 1.165) is 35.5 Å². The van der Waals surface area contributed by atoms with Gasteiger partial charge >= 0.3 is 0 Å². The van der Waals surface area contributed by atoms with Crippen LogP contribution in [-0.2, 0) is 0 Å². The summed E-state index contributed by atoms with van der Waals surface area (Å²) in [5, 5.41) is 0.770. The Morgan fingerprint density at radius 1 is 1.08 bits per heavy atom. The van der Waals surface area contributed by atoms with E-state index in [1.165, 1.54) is 63.5 Å². The first-order valence-corrected chi connectivity index (χ1v) is 12.1. The lowest BCUT2D eigenvalue weighted by Gasteiger charge is -2.58. The molecule has 2 heteroatoms. The lowest BCUT2D eigenvalue weighted by molar-refractivity contribution is -0.0484. The van der Waals surface area contributed by atoms with Crippen molar-refractivity contribution in [3.8, 4) is 0 Å². The first-order chi connectivity index (χ1) is 12.0. The highest BCUT2D eigenvalue weighted by Crippen LogP contribution is 2.66. The van der Waals surface area contributed by atoms with Gasteiger partial charge < -0.3 is 5.73 Å². The van der Waals surface area contributed by atoms with Crippen LogP contribution in [0, 0.1) is 34.5 Å². The minimum atomic E-state index is 0. The third kappa shape index (κ3) is 3.21. The van der Waals surface area contributed by atoms with Crippen LogP contribution >= 0.6 is 11.8 Å². The van der Waals surface area contributed by atoms with Gasteiger partial charge in [-0.15, -0.1) is 0 Å². The van der Waals surface area contributed by atoms with E-state index in [9.17, 15) is 0 Å². The van der Waals surface area contributed by atoms with Gasteiger partial charge in [0, 0.05) is 5.25 Å². The molecule has 0 aromatic rings. The maximum absolute atomic E-state index is 5.68. The minimum absolute atomic E-state index is 0. The maximum atomic E-state index is 5.68. The summed E-state index contributed by atoms with van der Waals surface area (Å²) in [6, 6.07) is 0. The van der Waals surface area contributed by atoms with Crippen LogP contribution in [0.1, 0.15) is 86.0 Å². The van der Waals surface area contributed by atoms with Crippen molar-refractivity contribution in [2.24, 2.45) is 40.2 Å². The molecule has 0 saturated heterocycles. The van der Waals surface area contributed by atoms with Gasteiger partial charge in [0.15, 0.2) is 0 Å². The normalized spacial score (nSPS) is 47.2. The smallest absolute Gasteiger partial charge is 0.0230 e. The molecule has 0 radical (unpaired) electrons. The summed E-state index contributed by atoms with van der Waals surface area (Å²) in [5.74, 6) is 5.22. The molecule has 26 heavy (non-hydrogen) atoms. The van der Waals surface area contributed by atoms with Crippen LogP contribution < -0.4 is 5.73 Å². The molecule has 1 nitrogen and oxygen atoms in total. The average Bonchev–Trinajstić information content (AvgIpc) is 2.90. The summed E-state index contributed by atoms with van der Waals surface area (Å²) in [6.45, 7) is 8.68. The molecule has 0 spiro atoms. The lowest BCUT2D eigenvalue weighted by Crippen LogP contribution is -2.50. The predicted octanol–water partition coefficient (Wildman–Crippen LogP) is 6.67. The molecule has 4 aliphatic carbocycles. The third-order valence-electron chi connectivity index (χ3n) is 9.23. The zero-order chi connectivity index (χ0) is 17.7. The van der Waals surface area contributed by atoms with E-state index in [0.29, 0.717) is 10.8 Å². The van der Waals surface area contributed by atoms with Crippen molar-refractivity contribution in [2.75, 3.05) is 12.3 Å². The Hall–Kier alpha value is 0.0500. The summed E-state index contributed by atoms with van der Waals surface area (Å²) in [5.41, 5.74) is 8.72. The Bertz CT molecular complexity index is 528. The fourth-order valence-electron chi connectivity index (χ4n) is 7.41. The van der Waals surface area contributed by atoms with Crippen LogP contribution in [0.5, 0.6) is 0 Å². The Kier molecular flexibility index (Phi) is 6.25. The van der Waals surface area contributed by atoms with Crippen molar-refractivity contribution in [1.29, 1.82) is 0 Å². The van der Waals surface area contributed by atoms with Gasteiger partial charge in [-0.25, -0.2) is 0 Å². The van der Waals surface area contributed by atoms with E-state index < -0.39 is 0 Å². The molecule has 7 atom stereocenters. The van der Waals surface area contributed by atoms with Gasteiger partial charge in [0.05, 0.1) is 0 Å². The van der Waals surface area contributed by atoms with Crippen LogP contribution in [0.3, 0.4) is 0 Å². The van der Waals surface area contributed by atoms with Crippen LogP contribution in [0.2, 0.25) is 0 Å². The zero-order valence-corrected chi connectivity index (χ0v) is 17.5. The van der Waals surface area contributed by atoms with Gasteiger partial charge in [-0.2, -0.15) is 11.8 Å². The summed E-state index contributed by atoms with van der Waals surface area (Å²) >= 11 is 2.16. The zero-order valence-electron chi connectivity index (χ0n) is 16.7. The molecular formula is C24H43NS. The lowest BCUT2D eigenvalue weighted by atomic mass is 9.47. The van der Waals surface area contributed by atoms with E-state index in [1.807, 2.05) is 5.57 Å². The SMILES string of the molecule is C.C[C@H]1CCC2C3CCC4=C[C@H](SCCCN)CC[C@]4(C)C3CC[C@@]21C. The van der Waals surface area contributed by atoms with Crippen molar-refractivity contribution < 1.29 is 0 Å². The summed E-state index contributed by atoms with van der Waals surface area (Å²) in [4.78, 5) is 0. The van der Waals surface area contributed by atoms with Crippen molar-refractivity contribution >= 4 is 11.8 Å². The van der Waals surface area contributed by atoms with E-state index in [-0.39, 0.29) is 7.43 Å². The number of allylic oxidation sites excluding steroid dienone is 1. The molecule has 4 rings (SSSR count). The average molecular weight is 378 g/mol. The standard InChI is InChI=1S/C23H39NS.CH4/c1-16-5-8-20-19-7-6-17-15-18(25-14-4-13-24)9-11-23(17,3)21(19)10-12-22(16,20)2;/h15-16,18-21H,4-14,24H2,1-3H3;1H4/t16-,18+,19?,20?,21?,22+,23-;/m0./s1. The Balaban J connectivity index is 0.00000196. The Morgan fingerprint density at radius 3 is 2.65 bits per heavy atom. The predicted molar refractivity (Wildman–Crippen MR) is 118 cm³/mol. The summed E-state index contributed by atoms with van der Waals surface area (Å²) < 4.78 is 0. The van der Waals surface area contributed by atoms with Gasteiger partial charge in [-0.05, 0) is 105 Å². The van der Waals surface area contributed by atoms with Crippen LogP contribution in [0.15, 0.2) is 11.6 Å². The fraction of sp³-hybridized carbons (Fsp3) is 0.917. The highest BCUT2D eigenvalue weighted by molar-refractivity contribution is 8.00. The topological polar surface area (TPSA) is 26.0 Å². The second kappa shape index (κ2) is 7.82. The van der Waals surface area contributed by atoms with E-state index in [1.54, 1.807) is 0 Å². The van der Waals surface area contributed by atoms with Crippen molar-refractivity contribution in [3.05, 3.63) is 11.6 Å². The number of hydrogen-bond donors (Lipinski definition) is 1. The molecule has 3 saturated carbocycles. The van der Waals surface area contributed by atoms with Crippen molar-refractivity contribution in [2.45, 2.75) is 91.2 Å². The summed E-state index contributed by atoms with van der Waals surface area (Å²) in [7, 11) is 0. The fourth-order valence-corrected chi connectivity index (χ4v) is 8.59. The molecule has 0 aromatic carbocycles. The van der Waals surface area contributed by atoms with Gasteiger partial charge in [0.25, 0.3) is 0 Å². The van der Waals surface area contributed by atoms with Crippen LogP contribution in [0.4, 0.5) is 0 Å². The number of nitrogens with two attached hydrogens (primary N) is 1. The van der Waals surface area contributed by atoms with Gasteiger partial charge in [0.1, 0.15) is 0 Å². The van der Waals surface area contributed by atoms with Crippen molar-refractivity contribution in [3.63, 3.8) is 0 Å². The highest BCUT2D eigenvalue weighted by Gasteiger charge is 2.57. The van der Waals surface area contributed by atoms with E-state index in [2.05, 4.69) is 38.6 Å². The Labute approximate surface area is 167 Å². The number of thioether (sulfide) groups is 1. The maximum Gasteiger partial charge on any atom is 0.0230 e. The van der Waals surface area contributed by atoms with Crippen molar-refractivity contribution in [1.82, 2.24) is 0 Å². The minimum Gasteiger partial charge on any atom is -0.330 e. The molecule has 3 unspecified atom stereocenters. The van der Waals surface area contributed by atoms with E-state index >= 15 is 0 Å². The molecule has 0 bridgehead atoms. The van der Waals surface area contributed by atoms with Crippen LogP contribution in [0.25, 0.3) is 0 Å². The van der Waals surface area contributed by atoms with Gasteiger partial charge in [-0.1, -0.05) is 39.8 Å². The molecule has 2 N–H and O–H groups in total. The molecule has 150 valence electrons. The molecule has 0 amide bonds. The monoisotopic (exact) mass is 377 g/mol. The number of rotatable bonds is 4. The van der Waals surface area contributed by atoms with E-state index in [4.69, 9.17) is 5.73 Å². The molecule has 0 heterocycles.